The Hall–Kier alpha value is -1.45. The summed E-state index contributed by atoms with van der Waals surface area (Å²) in [5.41, 5.74) is 1.42. The van der Waals surface area contributed by atoms with Crippen LogP contribution < -0.4 is 0 Å². The second-order valence-corrected chi connectivity index (χ2v) is 4.98. The van der Waals surface area contributed by atoms with Crippen molar-refractivity contribution in [3.63, 3.8) is 0 Å². The summed E-state index contributed by atoms with van der Waals surface area (Å²) in [5, 5.41) is 11.6. The second kappa shape index (κ2) is 4.34. The molecule has 0 spiro atoms. The molecular weight excluding hydrogens is 226 g/mol. The Balaban J connectivity index is 1.98. The van der Waals surface area contributed by atoms with Crippen molar-refractivity contribution >= 4 is 10.9 Å². The Morgan fingerprint density at radius 1 is 1.33 bits per heavy atom. The number of aromatic nitrogens is 1. The largest absolute Gasteiger partial charge is 0.385 e. The van der Waals surface area contributed by atoms with E-state index in [2.05, 4.69) is 4.98 Å². The molecule has 1 unspecified atom stereocenters. The van der Waals surface area contributed by atoms with E-state index in [1.165, 1.54) is 0 Å². The predicted molar refractivity (Wildman–Crippen MR) is 70.3 cm³/mol. The number of hydrogen-bond donors (Lipinski definition) is 1. The standard InChI is InChI=1S/C15H17NO2/c1-18-15(7-3-8-15)14(17)12-6-5-11-4-2-9-16-13(11)10-12/h2,4-6,9-10,14,17H,3,7-8H2,1H3. The van der Waals surface area contributed by atoms with E-state index >= 15 is 0 Å². The van der Waals surface area contributed by atoms with Crippen molar-refractivity contribution in [1.29, 1.82) is 0 Å². The summed E-state index contributed by atoms with van der Waals surface area (Å²) in [6.07, 6.45) is 4.17. The third-order valence-corrected chi connectivity index (χ3v) is 4.05. The first-order chi connectivity index (χ1) is 8.75. The van der Waals surface area contributed by atoms with Crippen LogP contribution in [0.1, 0.15) is 30.9 Å². The average molecular weight is 243 g/mol. The lowest BCUT2D eigenvalue weighted by Gasteiger charge is -2.44. The van der Waals surface area contributed by atoms with E-state index in [1.807, 2.05) is 30.3 Å². The number of hydrogen-bond acceptors (Lipinski definition) is 3. The molecule has 1 aromatic carbocycles. The quantitative estimate of drug-likeness (QED) is 0.901. The molecule has 1 aromatic heterocycles. The fourth-order valence-corrected chi connectivity index (χ4v) is 2.67. The zero-order valence-corrected chi connectivity index (χ0v) is 10.5. The first-order valence-corrected chi connectivity index (χ1v) is 6.33. The highest BCUT2D eigenvalue weighted by atomic mass is 16.5. The molecule has 0 amide bonds. The fraction of sp³-hybridized carbons (Fsp3) is 0.400. The first kappa shape index (κ1) is 11.6. The zero-order chi connectivity index (χ0) is 12.6. The Morgan fingerprint density at radius 2 is 2.17 bits per heavy atom. The van der Waals surface area contributed by atoms with Crippen LogP contribution in [0.3, 0.4) is 0 Å². The molecule has 0 bridgehead atoms. The van der Waals surface area contributed by atoms with Gasteiger partial charge in [-0.15, -0.1) is 0 Å². The van der Waals surface area contributed by atoms with Gasteiger partial charge in [0.05, 0.1) is 11.1 Å². The highest BCUT2D eigenvalue weighted by Gasteiger charge is 2.44. The van der Waals surface area contributed by atoms with Crippen molar-refractivity contribution in [2.24, 2.45) is 0 Å². The summed E-state index contributed by atoms with van der Waals surface area (Å²) in [5.74, 6) is 0. The van der Waals surface area contributed by atoms with E-state index in [0.29, 0.717) is 0 Å². The number of ether oxygens (including phenoxy) is 1. The molecule has 3 nitrogen and oxygen atoms in total. The minimum absolute atomic E-state index is 0.386. The number of aliphatic hydroxyl groups is 1. The average Bonchev–Trinajstić information content (AvgIpc) is 2.37. The van der Waals surface area contributed by atoms with E-state index in [0.717, 1.165) is 35.7 Å². The van der Waals surface area contributed by atoms with Crippen molar-refractivity contribution in [3.8, 4) is 0 Å². The van der Waals surface area contributed by atoms with E-state index in [9.17, 15) is 5.11 Å². The maximum atomic E-state index is 10.5. The first-order valence-electron chi connectivity index (χ1n) is 6.33. The van der Waals surface area contributed by atoms with Crippen molar-refractivity contribution < 1.29 is 9.84 Å². The summed E-state index contributed by atoms with van der Waals surface area (Å²) in [6.45, 7) is 0. The van der Waals surface area contributed by atoms with Gasteiger partial charge in [0.1, 0.15) is 6.10 Å². The molecule has 1 saturated carbocycles. The number of nitrogens with zero attached hydrogens (tertiary/aromatic N) is 1. The van der Waals surface area contributed by atoms with Crippen LogP contribution in [0.2, 0.25) is 0 Å². The SMILES string of the molecule is COC1(C(O)c2ccc3cccnc3c2)CCC1. The molecular formula is C15H17NO2. The van der Waals surface area contributed by atoms with Gasteiger partial charge >= 0.3 is 0 Å². The number of pyridine rings is 1. The van der Waals surface area contributed by atoms with E-state index in [1.54, 1.807) is 13.3 Å². The van der Waals surface area contributed by atoms with Gasteiger partial charge in [0, 0.05) is 18.7 Å². The van der Waals surface area contributed by atoms with Gasteiger partial charge in [0.25, 0.3) is 0 Å². The van der Waals surface area contributed by atoms with E-state index in [4.69, 9.17) is 4.74 Å². The van der Waals surface area contributed by atoms with Crippen LogP contribution in [0.4, 0.5) is 0 Å². The van der Waals surface area contributed by atoms with Crippen LogP contribution in [0.5, 0.6) is 0 Å². The van der Waals surface area contributed by atoms with Crippen molar-refractivity contribution in [2.75, 3.05) is 7.11 Å². The molecule has 1 atom stereocenters. The molecule has 2 aromatic rings. The topological polar surface area (TPSA) is 42.4 Å². The molecule has 94 valence electrons. The minimum atomic E-state index is -0.567. The lowest BCUT2D eigenvalue weighted by Crippen LogP contribution is -2.45. The van der Waals surface area contributed by atoms with Crippen LogP contribution in [0.25, 0.3) is 10.9 Å². The van der Waals surface area contributed by atoms with Gasteiger partial charge in [-0.2, -0.15) is 0 Å². The highest BCUT2D eigenvalue weighted by Crippen LogP contribution is 2.45. The van der Waals surface area contributed by atoms with Gasteiger partial charge in [-0.25, -0.2) is 0 Å². The smallest absolute Gasteiger partial charge is 0.108 e. The third-order valence-electron chi connectivity index (χ3n) is 4.05. The molecule has 0 radical (unpaired) electrons. The molecule has 0 aliphatic heterocycles. The van der Waals surface area contributed by atoms with Crippen molar-refractivity contribution in [3.05, 3.63) is 42.1 Å². The van der Waals surface area contributed by atoms with E-state index < -0.39 is 6.10 Å². The molecule has 3 rings (SSSR count). The summed E-state index contributed by atoms with van der Waals surface area (Å²) in [6, 6.07) is 9.87. The second-order valence-electron chi connectivity index (χ2n) is 4.98. The van der Waals surface area contributed by atoms with Gasteiger partial charge in [-0.3, -0.25) is 4.98 Å². The van der Waals surface area contributed by atoms with Gasteiger partial charge in [0.2, 0.25) is 0 Å². The summed E-state index contributed by atoms with van der Waals surface area (Å²) < 4.78 is 5.53. The Kier molecular flexibility index (Phi) is 2.80. The van der Waals surface area contributed by atoms with Crippen LogP contribution in [-0.2, 0) is 4.74 Å². The summed E-state index contributed by atoms with van der Waals surface area (Å²) in [7, 11) is 1.68. The Morgan fingerprint density at radius 3 is 2.83 bits per heavy atom. The third kappa shape index (κ3) is 1.71. The number of aliphatic hydroxyl groups excluding tert-OH is 1. The predicted octanol–water partition coefficient (Wildman–Crippen LogP) is 2.84. The van der Waals surface area contributed by atoms with Crippen LogP contribution in [-0.4, -0.2) is 22.8 Å². The Labute approximate surface area is 106 Å². The molecule has 0 saturated heterocycles. The molecule has 18 heavy (non-hydrogen) atoms. The lowest BCUT2D eigenvalue weighted by atomic mass is 9.73. The molecule has 3 heteroatoms. The van der Waals surface area contributed by atoms with Crippen molar-refractivity contribution in [2.45, 2.75) is 31.0 Å². The van der Waals surface area contributed by atoms with Gasteiger partial charge < -0.3 is 9.84 Å². The monoisotopic (exact) mass is 243 g/mol. The highest BCUT2D eigenvalue weighted by molar-refractivity contribution is 5.79. The van der Waals surface area contributed by atoms with Crippen LogP contribution in [0, 0.1) is 0 Å². The number of rotatable bonds is 3. The summed E-state index contributed by atoms with van der Waals surface area (Å²) >= 11 is 0. The van der Waals surface area contributed by atoms with Gasteiger partial charge in [-0.1, -0.05) is 18.2 Å². The molecule has 1 heterocycles. The molecule has 1 fully saturated rings. The van der Waals surface area contributed by atoms with Crippen LogP contribution >= 0.6 is 0 Å². The zero-order valence-electron chi connectivity index (χ0n) is 10.5. The molecule has 1 aliphatic rings. The Bertz CT molecular complexity index is 558. The minimum Gasteiger partial charge on any atom is -0.385 e. The molecule has 1 N–H and O–H groups in total. The number of benzene rings is 1. The maximum absolute atomic E-state index is 10.5. The van der Waals surface area contributed by atoms with Crippen molar-refractivity contribution in [1.82, 2.24) is 4.98 Å². The van der Waals surface area contributed by atoms with Crippen LogP contribution in [0.15, 0.2) is 36.5 Å². The van der Waals surface area contributed by atoms with E-state index in [-0.39, 0.29) is 5.60 Å². The fourth-order valence-electron chi connectivity index (χ4n) is 2.67. The normalized spacial score (nSPS) is 19.4. The number of methoxy groups -OCH3 is 1. The maximum Gasteiger partial charge on any atom is 0.108 e. The molecule has 1 aliphatic carbocycles. The number of fused-ring (bicyclic) bond motifs is 1. The lowest BCUT2D eigenvalue weighted by molar-refractivity contribution is -0.151. The van der Waals surface area contributed by atoms with Gasteiger partial charge in [0.15, 0.2) is 0 Å². The summed E-state index contributed by atoms with van der Waals surface area (Å²) in [4.78, 5) is 4.32. The van der Waals surface area contributed by atoms with Gasteiger partial charge in [-0.05, 0) is 37.0 Å².